The van der Waals surface area contributed by atoms with E-state index in [0.29, 0.717) is 18.8 Å². The second-order valence-electron chi connectivity index (χ2n) is 5.40. The summed E-state index contributed by atoms with van der Waals surface area (Å²) in [6.07, 6.45) is 0.862. The first-order valence-corrected chi connectivity index (χ1v) is 6.79. The Morgan fingerprint density at radius 3 is 2.89 bits per heavy atom. The van der Waals surface area contributed by atoms with Gasteiger partial charge in [0.05, 0.1) is 17.7 Å². The molecule has 4 nitrogen and oxygen atoms in total. The van der Waals surface area contributed by atoms with E-state index in [1.54, 1.807) is 0 Å². The van der Waals surface area contributed by atoms with E-state index in [4.69, 9.17) is 4.74 Å². The number of anilines is 1. The second-order valence-corrected chi connectivity index (χ2v) is 5.40. The Morgan fingerprint density at radius 2 is 2.26 bits per heavy atom. The van der Waals surface area contributed by atoms with Crippen molar-refractivity contribution in [1.82, 2.24) is 5.32 Å². The zero-order chi connectivity index (χ0) is 13.9. The van der Waals surface area contributed by atoms with Gasteiger partial charge in [-0.1, -0.05) is 6.07 Å². The van der Waals surface area contributed by atoms with E-state index in [-0.39, 0.29) is 11.4 Å². The molecule has 1 aromatic rings. The lowest BCUT2D eigenvalue weighted by Gasteiger charge is -2.24. The zero-order valence-electron chi connectivity index (χ0n) is 11.9. The molecule has 1 aromatic carbocycles. The molecule has 1 atom stereocenters. The third kappa shape index (κ3) is 3.26. The highest BCUT2D eigenvalue weighted by atomic mass is 16.5. The van der Waals surface area contributed by atoms with Crippen LogP contribution in [0.2, 0.25) is 0 Å². The summed E-state index contributed by atoms with van der Waals surface area (Å²) in [5.74, 6) is -0.0380. The molecule has 1 saturated heterocycles. The van der Waals surface area contributed by atoms with Gasteiger partial charge in [0.2, 0.25) is 0 Å². The topological polar surface area (TPSA) is 50.4 Å². The van der Waals surface area contributed by atoms with Crippen molar-refractivity contribution in [3.8, 4) is 0 Å². The Balaban J connectivity index is 2.18. The van der Waals surface area contributed by atoms with Gasteiger partial charge in [-0.2, -0.15) is 0 Å². The summed E-state index contributed by atoms with van der Waals surface area (Å²) >= 11 is 0. The minimum absolute atomic E-state index is 0.0380. The van der Waals surface area contributed by atoms with E-state index in [2.05, 4.69) is 10.6 Å². The first-order valence-electron chi connectivity index (χ1n) is 6.79. The van der Waals surface area contributed by atoms with Crippen molar-refractivity contribution in [3.63, 3.8) is 0 Å². The maximum absolute atomic E-state index is 12.4. The molecule has 0 saturated carbocycles. The molecular formula is C15H22N2O2. The van der Waals surface area contributed by atoms with Crippen LogP contribution in [0, 0.1) is 6.92 Å². The van der Waals surface area contributed by atoms with E-state index in [9.17, 15) is 4.79 Å². The van der Waals surface area contributed by atoms with Gasteiger partial charge in [0, 0.05) is 18.8 Å². The third-order valence-electron chi connectivity index (χ3n) is 3.42. The van der Waals surface area contributed by atoms with Crippen LogP contribution in [0.25, 0.3) is 0 Å². The molecule has 1 aliphatic rings. The van der Waals surface area contributed by atoms with Crippen LogP contribution >= 0.6 is 0 Å². The normalized spacial score (nSPS) is 22.3. The fourth-order valence-corrected chi connectivity index (χ4v) is 2.30. The molecule has 0 aromatic heterocycles. The van der Waals surface area contributed by atoms with Crippen LogP contribution in [-0.4, -0.2) is 31.2 Å². The summed E-state index contributed by atoms with van der Waals surface area (Å²) < 4.78 is 5.36. The summed E-state index contributed by atoms with van der Waals surface area (Å²) in [6.45, 7) is 8.17. The van der Waals surface area contributed by atoms with Crippen LogP contribution in [0.4, 0.5) is 5.69 Å². The van der Waals surface area contributed by atoms with Gasteiger partial charge < -0.3 is 15.4 Å². The highest BCUT2D eigenvalue weighted by Gasteiger charge is 2.31. The molecule has 2 N–H and O–H groups in total. The fraction of sp³-hybridized carbons (Fsp3) is 0.533. The van der Waals surface area contributed by atoms with Gasteiger partial charge in [-0.3, -0.25) is 4.79 Å². The summed E-state index contributed by atoms with van der Waals surface area (Å²) in [5, 5.41) is 6.33. The maximum atomic E-state index is 12.4. The van der Waals surface area contributed by atoms with Crippen LogP contribution in [0.3, 0.4) is 0 Å². The van der Waals surface area contributed by atoms with Crippen LogP contribution < -0.4 is 10.6 Å². The smallest absolute Gasteiger partial charge is 0.253 e. The number of amides is 1. The van der Waals surface area contributed by atoms with Crippen molar-refractivity contribution in [2.75, 3.05) is 25.1 Å². The van der Waals surface area contributed by atoms with Gasteiger partial charge >= 0.3 is 0 Å². The number of ether oxygens (including phenoxy) is 1. The molecule has 1 fully saturated rings. The molecule has 1 heterocycles. The van der Waals surface area contributed by atoms with Crippen molar-refractivity contribution in [2.24, 2.45) is 0 Å². The minimum Gasteiger partial charge on any atom is -0.385 e. The molecule has 0 spiro atoms. The van der Waals surface area contributed by atoms with Crippen molar-refractivity contribution >= 4 is 11.6 Å². The number of rotatable bonds is 4. The van der Waals surface area contributed by atoms with Gasteiger partial charge in [-0.25, -0.2) is 0 Å². The lowest BCUT2D eigenvalue weighted by molar-refractivity contribution is 0.0890. The predicted octanol–water partition coefficient (Wildman–Crippen LogP) is 2.34. The average Bonchev–Trinajstić information content (AvgIpc) is 2.76. The number of hydrogen-bond acceptors (Lipinski definition) is 3. The van der Waals surface area contributed by atoms with Gasteiger partial charge in [0.25, 0.3) is 5.91 Å². The van der Waals surface area contributed by atoms with E-state index in [1.165, 1.54) is 0 Å². The Labute approximate surface area is 114 Å². The Morgan fingerprint density at radius 1 is 1.47 bits per heavy atom. The molecular weight excluding hydrogens is 240 g/mol. The van der Waals surface area contributed by atoms with Crippen molar-refractivity contribution in [3.05, 3.63) is 29.3 Å². The van der Waals surface area contributed by atoms with Gasteiger partial charge in [0.15, 0.2) is 0 Å². The van der Waals surface area contributed by atoms with Crippen LogP contribution in [0.15, 0.2) is 18.2 Å². The quantitative estimate of drug-likeness (QED) is 0.875. The molecule has 0 bridgehead atoms. The summed E-state index contributed by atoms with van der Waals surface area (Å²) in [5.41, 5.74) is 2.48. The highest BCUT2D eigenvalue weighted by molar-refractivity contribution is 6.00. The summed E-state index contributed by atoms with van der Waals surface area (Å²) in [6, 6.07) is 5.84. The largest absolute Gasteiger partial charge is 0.385 e. The van der Waals surface area contributed by atoms with E-state index >= 15 is 0 Å². The molecule has 19 heavy (non-hydrogen) atoms. The van der Waals surface area contributed by atoms with E-state index in [1.807, 2.05) is 39.0 Å². The van der Waals surface area contributed by atoms with Gasteiger partial charge in [0.1, 0.15) is 0 Å². The number of nitrogens with one attached hydrogen (secondary N) is 2. The number of carbonyl (C=O) groups excluding carboxylic acids is 1. The van der Waals surface area contributed by atoms with Gasteiger partial charge in [-0.05, 0) is 44.9 Å². The van der Waals surface area contributed by atoms with Crippen molar-refractivity contribution < 1.29 is 9.53 Å². The predicted molar refractivity (Wildman–Crippen MR) is 76.6 cm³/mol. The maximum Gasteiger partial charge on any atom is 0.253 e. The first-order chi connectivity index (χ1) is 9.04. The fourth-order valence-electron chi connectivity index (χ4n) is 2.30. The van der Waals surface area contributed by atoms with Crippen molar-refractivity contribution in [1.29, 1.82) is 0 Å². The van der Waals surface area contributed by atoms with E-state index < -0.39 is 0 Å². The zero-order valence-corrected chi connectivity index (χ0v) is 11.9. The second kappa shape index (κ2) is 5.61. The third-order valence-corrected chi connectivity index (χ3v) is 3.42. The molecule has 1 amide bonds. The molecule has 104 valence electrons. The molecule has 1 aliphatic heterocycles. The Kier molecular flexibility index (Phi) is 4.10. The minimum atomic E-state index is -0.245. The van der Waals surface area contributed by atoms with Crippen molar-refractivity contribution in [2.45, 2.75) is 32.7 Å². The monoisotopic (exact) mass is 262 g/mol. The number of benzene rings is 1. The molecule has 0 aliphatic carbocycles. The lowest BCUT2D eigenvalue weighted by atomic mass is 10.0. The molecule has 1 unspecified atom stereocenters. The Hall–Kier alpha value is -1.55. The van der Waals surface area contributed by atoms with E-state index in [0.717, 1.165) is 24.2 Å². The summed E-state index contributed by atoms with van der Waals surface area (Å²) in [4.78, 5) is 12.4. The van der Waals surface area contributed by atoms with Crippen LogP contribution in [-0.2, 0) is 4.74 Å². The summed E-state index contributed by atoms with van der Waals surface area (Å²) in [7, 11) is 0. The van der Waals surface area contributed by atoms with Crippen LogP contribution in [0.5, 0.6) is 0 Å². The lowest BCUT2D eigenvalue weighted by Crippen LogP contribution is -2.46. The molecule has 4 heteroatoms. The SMILES string of the molecule is CCNc1cc(C)ccc1C(=O)NC1(C)CCOC1. The first kappa shape index (κ1) is 13.9. The average molecular weight is 262 g/mol. The Bertz CT molecular complexity index is 465. The standard InChI is InChI=1S/C15H22N2O2/c1-4-16-13-9-11(2)5-6-12(13)14(18)17-15(3)7-8-19-10-15/h5-6,9,16H,4,7-8,10H2,1-3H3,(H,17,18). The highest BCUT2D eigenvalue weighted by Crippen LogP contribution is 2.21. The van der Waals surface area contributed by atoms with Gasteiger partial charge in [-0.15, -0.1) is 0 Å². The number of hydrogen-bond donors (Lipinski definition) is 2. The molecule has 2 rings (SSSR count). The number of aryl methyl sites for hydroxylation is 1. The van der Waals surface area contributed by atoms with Crippen LogP contribution in [0.1, 0.15) is 36.2 Å². The number of carbonyl (C=O) groups is 1. The molecule has 0 radical (unpaired) electrons.